The van der Waals surface area contributed by atoms with E-state index in [0.29, 0.717) is 0 Å². The fourth-order valence-corrected chi connectivity index (χ4v) is 2.90. The molecule has 1 heterocycles. The van der Waals surface area contributed by atoms with E-state index >= 15 is 0 Å². The number of hydrogen-bond donors (Lipinski definition) is 1. The Kier molecular flexibility index (Phi) is 6.02. The molecule has 1 aliphatic heterocycles. The lowest BCUT2D eigenvalue weighted by Gasteiger charge is -2.27. The monoisotopic (exact) mass is 317 g/mol. The van der Waals surface area contributed by atoms with Crippen molar-refractivity contribution in [2.75, 3.05) is 57.4 Å². The minimum absolute atomic E-state index is 0.253. The van der Waals surface area contributed by atoms with Crippen LogP contribution < -0.4 is 10.2 Å². The van der Waals surface area contributed by atoms with E-state index in [1.165, 1.54) is 0 Å². The van der Waals surface area contributed by atoms with Crippen molar-refractivity contribution in [2.24, 2.45) is 5.92 Å². The summed E-state index contributed by atoms with van der Waals surface area (Å²) in [5.41, 5.74) is 1.01. The van der Waals surface area contributed by atoms with Crippen LogP contribution in [0.25, 0.3) is 0 Å². The Morgan fingerprint density at radius 3 is 2.61 bits per heavy atom. The van der Waals surface area contributed by atoms with Gasteiger partial charge >= 0.3 is 0 Å². The Balaban J connectivity index is 1.42. The van der Waals surface area contributed by atoms with Crippen molar-refractivity contribution in [3.63, 3.8) is 0 Å². The molecule has 0 atom stereocenters. The Labute approximate surface area is 138 Å². The standard InChI is InChI=1S/C18H27N3O2/c22-18(16-6-7-16)21(17-4-2-1-3-5-17)11-9-19-8-10-20-12-14-23-15-13-20/h1-5,16,19H,6-15H2. The number of nitrogens with one attached hydrogen (secondary N) is 1. The van der Waals surface area contributed by atoms with Gasteiger partial charge in [-0.3, -0.25) is 9.69 Å². The summed E-state index contributed by atoms with van der Waals surface area (Å²) in [4.78, 5) is 16.9. The molecule has 5 nitrogen and oxygen atoms in total. The number of carbonyl (C=O) groups excluding carboxylic acids is 1. The fraction of sp³-hybridized carbons (Fsp3) is 0.611. The predicted molar refractivity (Wildman–Crippen MR) is 91.6 cm³/mol. The van der Waals surface area contributed by atoms with E-state index in [9.17, 15) is 4.79 Å². The van der Waals surface area contributed by atoms with E-state index in [1.54, 1.807) is 0 Å². The third-order valence-corrected chi connectivity index (χ3v) is 4.48. The number of rotatable bonds is 8. The number of amides is 1. The van der Waals surface area contributed by atoms with E-state index < -0.39 is 0 Å². The highest BCUT2D eigenvalue weighted by Crippen LogP contribution is 2.32. The van der Waals surface area contributed by atoms with Gasteiger partial charge in [0.05, 0.1) is 13.2 Å². The van der Waals surface area contributed by atoms with E-state index in [0.717, 1.165) is 71.0 Å². The van der Waals surface area contributed by atoms with Gasteiger partial charge in [-0.25, -0.2) is 0 Å². The van der Waals surface area contributed by atoms with Crippen LogP contribution in [-0.2, 0) is 9.53 Å². The van der Waals surface area contributed by atoms with Gasteiger partial charge in [0.1, 0.15) is 0 Å². The third kappa shape index (κ3) is 5.03. The topological polar surface area (TPSA) is 44.8 Å². The Bertz CT molecular complexity index is 484. The highest BCUT2D eigenvalue weighted by molar-refractivity contribution is 5.96. The van der Waals surface area contributed by atoms with Crippen LogP contribution in [0.2, 0.25) is 0 Å². The van der Waals surface area contributed by atoms with Crippen LogP contribution in [0.4, 0.5) is 5.69 Å². The summed E-state index contributed by atoms with van der Waals surface area (Å²) < 4.78 is 5.36. The summed E-state index contributed by atoms with van der Waals surface area (Å²) >= 11 is 0. The van der Waals surface area contributed by atoms with E-state index in [4.69, 9.17) is 4.74 Å². The van der Waals surface area contributed by atoms with Crippen molar-refractivity contribution in [1.82, 2.24) is 10.2 Å². The molecule has 0 aromatic heterocycles. The molecule has 126 valence electrons. The molecule has 0 spiro atoms. The van der Waals surface area contributed by atoms with Gasteiger partial charge in [-0.15, -0.1) is 0 Å². The quantitative estimate of drug-likeness (QED) is 0.735. The van der Waals surface area contributed by atoms with Crippen LogP contribution in [0.5, 0.6) is 0 Å². The van der Waals surface area contributed by atoms with Crippen LogP contribution in [-0.4, -0.2) is 63.3 Å². The minimum atomic E-state index is 0.253. The zero-order valence-corrected chi connectivity index (χ0v) is 13.7. The highest BCUT2D eigenvalue weighted by atomic mass is 16.5. The van der Waals surface area contributed by atoms with Crippen LogP contribution in [0.15, 0.2) is 30.3 Å². The Morgan fingerprint density at radius 2 is 1.91 bits per heavy atom. The molecule has 1 saturated carbocycles. The summed E-state index contributed by atoms with van der Waals surface area (Å²) in [6.07, 6.45) is 2.10. The molecule has 1 aromatic carbocycles. The molecule has 1 saturated heterocycles. The maximum Gasteiger partial charge on any atom is 0.230 e. The van der Waals surface area contributed by atoms with Gasteiger partial charge in [0.25, 0.3) is 0 Å². The van der Waals surface area contributed by atoms with Crippen molar-refractivity contribution in [1.29, 1.82) is 0 Å². The van der Waals surface area contributed by atoms with E-state index in [2.05, 4.69) is 10.2 Å². The van der Waals surface area contributed by atoms with E-state index in [-0.39, 0.29) is 11.8 Å². The summed E-state index contributed by atoms with van der Waals surface area (Å²) in [5, 5.41) is 3.47. The number of morpholine rings is 1. The number of benzene rings is 1. The normalized spacial score (nSPS) is 18.8. The maximum atomic E-state index is 12.5. The van der Waals surface area contributed by atoms with Gasteiger partial charge in [0.15, 0.2) is 0 Å². The fourth-order valence-electron chi connectivity index (χ4n) is 2.90. The number of anilines is 1. The van der Waals surface area contributed by atoms with Crippen LogP contribution in [0, 0.1) is 5.92 Å². The van der Waals surface area contributed by atoms with Crippen molar-refractivity contribution < 1.29 is 9.53 Å². The van der Waals surface area contributed by atoms with Gasteiger partial charge in [-0.2, -0.15) is 0 Å². The Hall–Kier alpha value is -1.43. The van der Waals surface area contributed by atoms with Gasteiger partial charge in [0, 0.05) is 50.9 Å². The van der Waals surface area contributed by atoms with Gasteiger partial charge in [0.2, 0.25) is 5.91 Å². The van der Waals surface area contributed by atoms with Gasteiger partial charge in [-0.1, -0.05) is 18.2 Å². The number of para-hydroxylation sites is 1. The molecule has 1 aromatic rings. The molecule has 1 aliphatic carbocycles. The number of nitrogens with zero attached hydrogens (tertiary/aromatic N) is 2. The predicted octanol–water partition coefficient (Wildman–Crippen LogP) is 1.35. The largest absolute Gasteiger partial charge is 0.379 e. The van der Waals surface area contributed by atoms with Gasteiger partial charge in [-0.05, 0) is 25.0 Å². The zero-order chi connectivity index (χ0) is 15.9. The SMILES string of the molecule is O=C(C1CC1)N(CCNCCN1CCOCC1)c1ccccc1. The summed E-state index contributed by atoms with van der Waals surface area (Å²) in [6.45, 7) is 7.32. The van der Waals surface area contributed by atoms with Crippen molar-refractivity contribution in [3.05, 3.63) is 30.3 Å². The lowest BCUT2D eigenvalue weighted by atomic mass is 10.2. The Morgan fingerprint density at radius 1 is 1.17 bits per heavy atom. The molecule has 5 heteroatoms. The van der Waals surface area contributed by atoms with Crippen molar-refractivity contribution in [2.45, 2.75) is 12.8 Å². The molecule has 0 unspecified atom stereocenters. The average Bonchev–Trinajstić information content (AvgIpc) is 3.44. The summed E-state index contributed by atoms with van der Waals surface area (Å²) in [7, 11) is 0. The summed E-state index contributed by atoms with van der Waals surface area (Å²) in [5.74, 6) is 0.537. The zero-order valence-electron chi connectivity index (χ0n) is 13.7. The lowest BCUT2D eigenvalue weighted by molar-refractivity contribution is -0.119. The first-order valence-electron chi connectivity index (χ1n) is 8.72. The second-order valence-corrected chi connectivity index (χ2v) is 6.30. The molecular weight excluding hydrogens is 290 g/mol. The molecule has 3 rings (SSSR count). The third-order valence-electron chi connectivity index (χ3n) is 4.48. The molecule has 1 N–H and O–H groups in total. The number of hydrogen-bond acceptors (Lipinski definition) is 4. The van der Waals surface area contributed by atoms with Crippen LogP contribution in [0.1, 0.15) is 12.8 Å². The first kappa shape index (κ1) is 16.4. The molecular formula is C18H27N3O2. The smallest absolute Gasteiger partial charge is 0.230 e. The average molecular weight is 317 g/mol. The van der Waals surface area contributed by atoms with E-state index in [1.807, 2.05) is 35.2 Å². The first-order valence-corrected chi connectivity index (χ1v) is 8.72. The van der Waals surface area contributed by atoms with Crippen LogP contribution in [0.3, 0.4) is 0 Å². The van der Waals surface area contributed by atoms with Gasteiger partial charge < -0.3 is 15.0 Å². The minimum Gasteiger partial charge on any atom is -0.379 e. The summed E-state index contributed by atoms with van der Waals surface area (Å²) in [6, 6.07) is 10.0. The molecule has 2 fully saturated rings. The van der Waals surface area contributed by atoms with Crippen LogP contribution >= 0.6 is 0 Å². The second-order valence-electron chi connectivity index (χ2n) is 6.30. The molecule has 2 aliphatic rings. The van der Waals surface area contributed by atoms with Crippen molar-refractivity contribution >= 4 is 11.6 Å². The molecule has 1 amide bonds. The first-order chi connectivity index (χ1) is 11.3. The molecule has 23 heavy (non-hydrogen) atoms. The van der Waals surface area contributed by atoms with Crippen molar-refractivity contribution in [3.8, 4) is 0 Å². The molecule has 0 radical (unpaired) electrons. The number of ether oxygens (including phenoxy) is 1. The number of carbonyl (C=O) groups is 1. The highest BCUT2D eigenvalue weighted by Gasteiger charge is 2.33. The molecule has 0 bridgehead atoms. The maximum absolute atomic E-state index is 12.5. The second kappa shape index (κ2) is 8.43. The lowest BCUT2D eigenvalue weighted by Crippen LogP contribution is -2.42.